The molecule has 0 atom stereocenters. The van der Waals surface area contributed by atoms with Gasteiger partial charge in [-0.15, -0.1) is 0 Å². The Morgan fingerprint density at radius 3 is 1.27 bits per heavy atom. The third kappa shape index (κ3) is 13.3. The van der Waals surface area contributed by atoms with Crippen LogP contribution < -0.4 is 9.47 Å². The third-order valence-electron chi connectivity index (χ3n) is 9.48. The molecule has 25 heteroatoms. The van der Waals surface area contributed by atoms with Crippen molar-refractivity contribution in [2.24, 2.45) is 28.2 Å². The van der Waals surface area contributed by atoms with Crippen molar-refractivity contribution in [3.05, 3.63) is 167 Å². The molecular formula is C46H30Cl4F5IN12O3. The number of halogens is 10. The van der Waals surface area contributed by atoms with Gasteiger partial charge in [-0.2, -0.15) is 38.0 Å². The zero-order chi connectivity index (χ0) is 52.3. The summed E-state index contributed by atoms with van der Waals surface area (Å²) in [5.74, 6) is -1.21. The number of aromatic hydroxyl groups is 1. The fraction of sp³-hybridized carbons (Fsp3) is 0.130. The highest BCUT2D eigenvalue weighted by molar-refractivity contribution is 14.1. The molecule has 0 aliphatic rings. The Labute approximate surface area is 435 Å². The van der Waals surface area contributed by atoms with Crippen LogP contribution in [0.4, 0.5) is 44.7 Å². The van der Waals surface area contributed by atoms with Gasteiger partial charge >= 0.3 is 13.2 Å². The maximum Gasteiger partial charge on any atom is 0.386 e. The van der Waals surface area contributed by atoms with Crippen molar-refractivity contribution in [3.8, 4) is 62.3 Å². The highest BCUT2D eigenvalue weighted by Gasteiger charge is 2.22. The average molecular weight is 1160 g/mol. The number of benzene rings is 4. The van der Waals surface area contributed by atoms with Crippen LogP contribution in [0.5, 0.6) is 17.2 Å². The van der Waals surface area contributed by atoms with E-state index in [4.69, 9.17) is 72.7 Å². The van der Waals surface area contributed by atoms with E-state index >= 15 is 0 Å². The Kier molecular flexibility index (Phi) is 18.8. The summed E-state index contributed by atoms with van der Waals surface area (Å²) in [6.45, 7) is 22.4. The molecule has 0 fully saturated rings. The number of aryl methyl sites for hydroxylation is 4. The van der Waals surface area contributed by atoms with E-state index in [2.05, 4.69) is 49.2 Å². The van der Waals surface area contributed by atoms with Crippen LogP contribution in [0.2, 0.25) is 20.1 Å². The second-order valence-corrected chi connectivity index (χ2v) is 16.8. The number of phenols is 1. The summed E-state index contributed by atoms with van der Waals surface area (Å²) >= 11 is 25.5. The van der Waals surface area contributed by atoms with E-state index in [0.29, 0.717) is 44.4 Å². The summed E-state index contributed by atoms with van der Waals surface area (Å²) in [5.41, 5.74) is 4.58. The lowest BCUT2D eigenvalue weighted by molar-refractivity contribution is -0.0499. The molecule has 1 N–H and O–H groups in total. The fourth-order valence-electron chi connectivity index (χ4n) is 6.53. The van der Waals surface area contributed by atoms with Crippen LogP contribution in [-0.4, -0.2) is 57.5 Å². The van der Waals surface area contributed by atoms with Crippen molar-refractivity contribution in [3.63, 3.8) is 0 Å². The van der Waals surface area contributed by atoms with Crippen LogP contribution in [0.15, 0.2) is 91.5 Å². The molecule has 0 saturated carbocycles. The maximum absolute atomic E-state index is 13.5. The standard InChI is InChI=1S/C12H7ClF2IN3O.C12H8ClF2N3O.C11H7ClFN3.C11H8ClN3O/c1-17-10-7(11-8(16)5-18-19(11)2)3-6(13)4-9(10)20-12(14)15;1-16-11-8(9-3-4-17-18(9)2)5-7(13)6-10(11)19-12(14)15;1-14-11-8(5-7(12)6-9(11)13)10-3-4-15-16(10)2;1-13-11-8(5-7(12)6-10(11)16)9-3-4-14-15(9)2/h3-5,12H,2H3;3-6,12H,2H3;3-6H,2H3;3-6,16H,2H3. The normalized spacial score (nSPS) is 10.4. The van der Waals surface area contributed by atoms with Gasteiger partial charge < -0.3 is 14.6 Å². The minimum Gasteiger partial charge on any atom is -0.519 e. The zero-order valence-corrected chi connectivity index (χ0v) is 41.9. The Balaban J connectivity index is 0.000000177. The van der Waals surface area contributed by atoms with Crippen molar-refractivity contribution in [1.82, 2.24) is 39.1 Å². The number of alkyl halides is 4. The van der Waals surface area contributed by atoms with Crippen LogP contribution in [0.25, 0.3) is 64.4 Å². The molecule has 0 amide bonds. The van der Waals surface area contributed by atoms with E-state index in [-0.39, 0.29) is 55.1 Å². The summed E-state index contributed by atoms with van der Waals surface area (Å²) in [7, 11) is 6.86. The molecule has 15 nitrogen and oxygen atoms in total. The molecule has 4 aromatic heterocycles. The summed E-state index contributed by atoms with van der Waals surface area (Å²) in [6.07, 6.45) is 6.36. The second kappa shape index (κ2) is 24.4. The van der Waals surface area contributed by atoms with Gasteiger partial charge in [-0.3, -0.25) is 18.7 Å². The van der Waals surface area contributed by atoms with Crippen LogP contribution in [0, 0.1) is 35.7 Å². The Morgan fingerprint density at radius 1 is 0.535 bits per heavy atom. The lowest BCUT2D eigenvalue weighted by atomic mass is 10.1. The molecule has 71 heavy (non-hydrogen) atoms. The summed E-state index contributed by atoms with van der Waals surface area (Å²) in [4.78, 5) is 13.0. The van der Waals surface area contributed by atoms with Gasteiger partial charge in [0.25, 0.3) is 0 Å². The molecule has 0 aliphatic carbocycles. The molecule has 0 bridgehead atoms. The van der Waals surface area contributed by atoms with Crippen LogP contribution in [0.1, 0.15) is 0 Å². The number of ether oxygens (including phenoxy) is 2. The minimum absolute atomic E-state index is 0.0174. The second-order valence-electron chi connectivity index (χ2n) is 13.9. The molecular weight excluding hydrogens is 1130 g/mol. The molecule has 0 saturated heterocycles. The van der Waals surface area contributed by atoms with E-state index in [1.165, 1.54) is 41.2 Å². The van der Waals surface area contributed by atoms with E-state index in [1.54, 1.807) is 91.2 Å². The largest absolute Gasteiger partial charge is 0.519 e. The monoisotopic (exact) mass is 1160 g/mol. The highest BCUT2D eigenvalue weighted by Crippen LogP contribution is 2.44. The quantitative estimate of drug-likeness (QED) is 0.0912. The lowest BCUT2D eigenvalue weighted by Crippen LogP contribution is -2.03. The van der Waals surface area contributed by atoms with Crippen molar-refractivity contribution < 1.29 is 36.5 Å². The van der Waals surface area contributed by atoms with Gasteiger partial charge in [0.2, 0.25) is 22.7 Å². The predicted octanol–water partition coefficient (Wildman–Crippen LogP) is 14.8. The first kappa shape index (κ1) is 54.6. The molecule has 8 rings (SSSR count). The minimum atomic E-state index is -3.02. The molecule has 8 aromatic rings. The smallest absolute Gasteiger partial charge is 0.386 e. The Bertz CT molecular complexity index is 3280. The van der Waals surface area contributed by atoms with E-state index in [9.17, 15) is 27.1 Å². The summed E-state index contributed by atoms with van der Waals surface area (Å²) < 4.78 is 78.8. The predicted molar refractivity (Wildman–Crippen MR) is 267 cm³/mol. The summed E-state index contributed by atoms with van der Waals surface area (Å²) in [6, 6.07) is 16.3. The Morgan fingerprint density at radius 2 is 0.901 bits per heavy atom. The lowest BCUT2D eigenvalue weighted by Gasteiger charge is -2.12. The molecule has 362 valence electrons. The van der Waals surface area contributed by atoms with E-state index in [0.717, 1.165) is 15.3 Å². The van der Waals surface area contributed by atoms with Gasteiger partial charge in [0, 0.05) is 89.1 Å². The van der Waals surface area contributed by atoms with Crippen molar-refractivity contribution in [2.45, 2.75) is 13.2 Å². The molecule has 0 unspecified atom stereocenters. The number of aromatic nitrogens is 8. The average Bonchev–Trinajstić information content (AvgIpc) is 4.11. The van der Waals surface area contributed by atoms with Gasteiger partial charge in [0.05, 0.1) is 58.8 Å². The first-order valence-corrected chi connectivity index (χ1v) is 22.0. The van der Waals surface area contributed by atoms with Crippen molar-refractivity contribution >= 4 is 91.7 Å². The summed E-state index contributed by atoms with van der Waals surface area (Å²) in [5, 5.41) is 26.7. The van der Waals surface area contributed by atoms with Crippen LogP contribution >= 0.6 is 69.0 Å². The first-order chi connectivity index (χ1) is 33.7. The van der Waals surface area contributed by atoms with Gasteiger partial charge in [-0.05, 0) is 89.3 Å². The molecule has 4 aromatic carbocycles. The third-order valence-corrected chi connectivity index (χ3v) is 11.1. The first-order valence-electron chi connectivity index (χ1n) is 19.4. The number of rotatable bonds is 8. The number of hydrogen-bond acceptors (Lipinski definition) is 7. The molecule has 0 radical (unpaired) electrons. The van der Waals surface area contributed by atoms with E-state index < -0.39 is 19.0 Å². The zero-order valence-electron chi connectivity index (χ0n) is 36.7. The molecule has 0 spiro atoms. The maximum atomic E-state index is 13.5. The van der Waals surface area contributed by atoms with Crippen LogP contribution in [0.3, 0.4) is 0 Å². The molecule has 0 aliphatic heterocycles. The SMILES string of the molecule is [C-]#[N+]c1c(F)cc(Cl)cc1-c1ccnn1C.[C-]#[N+]c1c(O)cc(Cl)cc1-c1ccnn1C.[C-]#[N+]c1c(OC(F)F)cc(Cl)cc1-c1c(I)cnn1C.[C-]#[N+]c1c(OC(F)F)cc(Cl)cc1-c1ccnn1C. The fourth-order valence-corrected chi connectivity index (χ4v) is 8.12. The topological polar surface area (TPSA) is 127 Å². The van der Waals surface area contributed by atoms with Gasteiger partial charge in [0.15, 0.2) is 0 Å². The van der Waals surface area contributed by atoms with Gasteiger partial charge in [-0.25, -0.2) is 23.8 Å². The Hall–Kier alpha value is -7.38. The number of nitrogens with zero attached hydrogens (tertiary/aromatic N) is 12. The molecule has 4 heterocycles. The van der Waals surface area contributed by atoms with Crippen molar-refractivity contribution in [2.75, 3.05) is 0 Å². The van der Waals surface area contributed by atoms with Gasteiger partial charge in [0.1, 0.15) is 23.1 Å². The van der Waals surface area contributed by atoms with Crippen molar-refractivity contribution in [1.29, 1.82) is 0 Å². The highest BCUT2D eigenvalue weighted by atomic mass is 127. The number of hydrogen-bond donors (Lipinski definition) is 1. The van der Waals surface area contributed by atoms with E-state index in [1.807, 2.05) is 22.6 Å². The number of phenolic OH excluding ortho intramolecular Hbond substituents is 1. The van der Waals surface area contributed by atoms with Crippen LogP contribution in [-0.2, 0) is 28.2 Å². The van der Waals surface area contributed by atoms with Gasteiger partial charge in [-0.1, -0.05) is 46.4 Å².